The second-order valence-electron chi connectivity index (χ2n) is 2.36. The fourth-order valence-electron chi connectivity index (χ4n) is 0.849. The monoisotopic (exact) mass is 313 g/mol. The van der Waals surface area contributed by atoms with Crippen molar-refractivity contribution in [3.63, 3.8) is 0 Å². The molecule has 0 atom stereocenters. The summed E-state index contributed by atoms with van der Waals surface area (Å²) in [7, 11) is 1.21. The highest BCUT2D eigenvalue weighted by atomic mass is 127. The third-order valence-electron chi connectivity index (χ3n) is 1.47. The summed E-state index contributed by atoms with van der Waals surface area (Å²) in [5.41, 5.74) is 1.52. The molecule has 14 heavy (non-hydrogen) atoms. The van der Waals surface area contributed by atoms with Gasteiger partial charge in [0.1, 0.15) is 0 Å². The molecule has 3 nitrogen and oxygen atoms in total. The Morgan fingerprint density at radius 2 is 2.07 bits per heavy atom. The fourth-order valence-corrected chi connectivity index (χ4v) is 1.27. The zero-order chi connectivity index (χ0) is 10.7. The molecular weight excluding hydrogens is 307 g/mol. The van der Waals surface area contributed by atoms with Crippen LogP contribution in [0.15, 0.2) is 12.1 Å². The van der Waals surface area contributed by atoms with Gasteiger partial charge in [-0.25, -0.2) is 14.3 Å². The van der Waals surface area contributed by atoms with Gasteiger partial charge in [-0.1, -0.05) is 0 Å². The lowest BCUT2D eigenvalue weighted by atomic mass is 10.2. The van der Waals surface area contributed by atoms with Crippen molar-refractivity contribution in [2.75, 3.05) is 7.11 Å². The van der Waals surface area contributed by atoms with Crippen LogP contribution in [-0.2, 0) is 4.84 Å². The topological polar surface area (TPSA) is 38.3 Å². The van der Waals surface area contributed by atoms with Crippen molar-refractivity contribution in [2.45, 2.75) is 0 Å². The summed E-state index contributed by atoms with van der Waals surface area (Å²) in [5, 5.41) is 0. The minimum Gasteiger partial charge on any atom is -0.277 e. The van der Waals surface area contributed by atoms with Gasteiger partial charge in [0.05, 0.1) is 16.2 Å². The highest BCUT2D eigenvalue weighted by Crippen LogP contribution is 2.17. The molecule has 1 amide bonds. The Hall–Kier alpha value is -0.760. The van der Waals surface area contributed by atoms with E-state index in [4.69, 9.17) is 0 Å². The molecule has 0 saturated carbocycles. The summed E-state index contributed by atoms with van der Waals surface area (Å²) in [6.07, 6.45) is 0. The van der Waals surface area contributed by atoms with Crippen LogP contribution < -0.4 is 5.48 Å². The van der Waals surface area contributed by atoms with Gasteiger partial charge in [-0.3, -0.25) is 9.63 Å². The van der Waals surface area contributed by atoms with Crippen molar-refractivity contribution in [3.8, 4) is 0 Å². The molecule has 1 N–H and O–H groups in total. The molecule has 0 saturated heterocycles. The third kappa shape index (κ3) is 2.18. The predicted molar refractivity (Wildman–Crippen MR) is 53.6 cm³/mol. The van der Waals surface area contributed by atoms with E-state index in [2.05, 4.69) is 4.84 Å². The molecule has 0 radical (unpaired) electrons. The van der Waals surface area contributed by atoms with Gasteiger partial charge in [-0.2, -0.15) is 0 Å². The maximum absolute atomic E-state index is 13.1. The number of hydroxylamine groups is 1. The van der Waals surface area contributed by atoms with Gasteiger partial charge >= 0.3 is 0 Å². The largest absolute Gasteiger partial charge is 0.277 e. The number of carbonyl (C=O) groups is 1. The SMILES string of the molecule is CONC(=O)c1ccc(I)c(F)c1F. The lowest BCUT2D eigenvalue weighted by Gasteiger charge is -2.04. The van der Waals surface area contributed by atoms with Gasteiger partial charge in [0, 0.05) is 0 Å². The number of benzene rings is 1. The van der Waals surface area contributed by atoms with Crippen LogP contribution in [0.5, 0.6) is 0 Å². The Morgan fingerprint density at radius 1 is 1.43 bits per heavy atom. The number of carbonyl (C=O) groups excluding carboxylic acids is 1. The van der Waals surface area contributed by atoms with Crippen LogP contribution in [0.2, 0.25) is 0 Å². The second-order valence-corrected chi connectivity index (χ2v) is 3.52. The van der Waals surface area contributed by atoms with Gasteiger partial charge in [0.25, 0.3) is 5.91 Å². The second kappa shape index (κ2) is 4.65. The molecule has 0 fully saturated rings. The van der Waals surface area contributed by atoms with Crippen LogP contribution in [-0.4, -0.2) is 13.0 Å². The zero-order valence-electron chi connectivity index (χ0n) is 7.11. The van der Waals surface area contributed by atoms with E-state index in [-0.39, 0.29) is 9.13 Å². The van der Waals surface area contributed by atoms with Crippen molar-refractivity contribution in [1.82, 2.24) is 5.48 Å². The molecule has 1 aromatic rings. The first-order valence-electron chi connectivity index (χ1n) is 3.54. The van der Waals surface area contributed by atoms with Crippen molar-refractivity contribution >= 4 is 28.5 Å². The molecule has 0 aromatic heterocycles. The van der Waals surface area contributed by atoms with Gasteiger partial charge in [0.15, 0.2) is 11.6 Å². The Morgan fingerprint density at radius 3 is 2.64 bits per heavy atom. The van der Waals surface area contributed by atoms with Crippen LogP contribution in [0.4, 0.5) is 8.78 Å². The van der Waals surface area contributed by atoms with Gasteiger partial charge in [-0.05, 0) is 34.7 Å². The maximum atomic E-state index is 13.1. The highest BCUT2D eigenvalue weighted by Gasteiger charge is 2.17. The average Bonchev–Trinajstić information content (AvgIpc) is 2.15. The van der Waals surface area contributed by atoms with Crippen molar-refractivity contribution in [3.05, 3.63) is 32.9 Å². The summed E-state index contributed by atoms with van der Waals surface area (Å²) >= 11 is 1.63. The van der Waals surface area contributed by atoms with E-state index >= 15 is 0 Å². The van der Waals surface area contributed by atoms with E-state index in [9.17, 15) is 13.6 Å². The molecule has 0 unspecified atom stereocenters. The molecule has 0 aliphatic heterocycles. The lowest BCUT2D eigenvalue weighted by Crippen LogP contribution is -2.23. The summed E-state index contributed by atoms with van der Waals surface area (Å²) in [6, 6.07) is 2.50. The molecule has 76 valence electrons. The quantitative estimate of drug-likeness (QED) is 0.514. The van der Waals surface area contributed by atoms with Crippen molar-refractivity contribution in [1.29, 1.82) is 0 Å². The molecule has 0 aliphatic rings. The van der Waals surface area contributed by atoms with Gasteiger partial charge in [0.2, 0.25) is 0 Å². The predicted octanol–water partition coefficient (Wildman–Crippen LogP) is 1.86. The minimum absolute atomic E-state index is 0.120. The molecule has 0 spiro atoms. The van der Waals surface area contributed by atoms with Gasteiger partial charge < -0.3 is 0 Å². The molecule has 0 heterocycles. The lowest BCUT2D eigenvalue weighted by molar-refractivity contribution is 0.0532. The van der Waals surface area contributed by atoms with E-state index in [1.807, 2.05) is 5.48 Å². The summed E-state index contributed by atoms with van der Waals surface area (Å²) in [4.78, 5) is 15.4. The van der Waals surface area contributed by atoms with E-state index in [0.717, 1.165) is 0 Å². The van der Waals surface area contributed by atoms with Crippen LogP contribution >= 0.6 is 22.6 Å². The number of hydrogen-bond acceptors (Lipinski definition) is 2. The summed E-state index contributed by atoms with van der Waals surface area (Å²) < 4.78 is 26.2. The first-order chi connectivity index (χ1) is 6.57. The molecule has 1 rings (SSSR count). The van der Waals surface area contributed by atoms with E-state index < -0.39 is 17.5 Å². The fraction of sp³-hybridized carbons (Fsp3) is 0.125. The molecular formula is C8H6F2INO2. The maximum Gasteiger partial charge on any atom is 0.277 e. The standard InChI is InChI=1S/C8H6F2INO2/c1-14-12-8(13)4-2-3-5(11)7(10)6(4)9/h2-3H,1H3,(H,12,13). The minimum atomic E-state index is -1.17. The first-order valence-corrected chi connectivity index (χ1v) is 4.62. The number of halogens is 3. The van der Waals surface area contributed by atoms with Crippen molar-refractivity contribution < 1.29 is 18.4 Å². The van der Waals surface area contributed by atoms with E-state index in [0.29, 0.717) is 0 Å². The number of hydrogen-bond donors (Lipinski definition) is 1. The average molecular weight is 313 g/mol. The van der Waals surface area contributed by atoms with Gasteiger partial charge in [-0.15, -0.1) is 0 Å². The highest BCUT2D eigenvalue weighted by molar-refractivity contribution is 14.1. The smallest absolute Gasteiger partial charge is 0.277 e. The van der Waals surface area contributed by atoms with Crippen LogP contribution in [0.25, 0.3) is 0 Å². The number of rotatable bonds is 2. The Balaban J connectivity index is 3.11. The Labute approximate surface area is 92.5 Å². The summed E-state index contributed by atoms with van der Waals surface area (Å²) in [6.45, 7) is 0. The van der Waals surface area contributed by atoms with E-state index in [1.54, 1.807) is 22.6 Å². The number of nitrogens with one attached hydrogen (secondary N) is 1. The first kappa shape index (κ1) is 11.3. The molecule has 1 aromatic carbocycles. The molecule has 6 heteroatoms. The Kier molecular flexibility index (Phi) is 3.76. The Bertz CT molecular complexity index is 371. The van der Waals surface area contributed by atoms with Crippen LogP contribution in [0, 0.1) is 15.2 Å². The number of amides is 1. The summed E-state index contributed by atoms with van der Waals surface area (Å²) in [5.74, 6) is -3.03. The van der Waals surface area contributed by atoms with Crippen LogP contribution in [0.3, 0.4) is 0 Å². The normalized spacial score (nSPS) is 10.0. The third-order valence-corrected chi connectivity index (χ3v) is 2.31. The zero-order valence-corrected chi connectivity index (χ0v) is 9.26. The van der Waals surface area contributed by atoms with Crippen molar-refractivity contribution in [2.24, 2.45) is 0 Å². The van der Waals surface area contributed by atoms with Crippen LogP contribution in [0.1, 0.15) is 10.4 Å². The van der Waals surface area contributed by atoms with E-state index in [1.165, 1.54) is 19.2 Å². The molecule has 0 aliphatic carbocycles. The molecule has 0 bridgehead atoms.